The number of carbonyl (C=O) groups excluding carboxylic acids is 1. The first-order chi connectivity index (χ1) is 19.3. The summed E-state index contributed by atoms with van der Waals surface area (Å²) in [6.07, 6.45) is 6.05. The number of pyridine rings is 1. The van der Waals surface area contributed by atoms with Gasteiger partial charge in [-0.15, -0.1) is 0 Å². The van der Waals surface area contributed by atoms with Crippen molar-refractivity contribution in [3.05, 3.63) is 41.0 Å². The highest BCUT2D eigenvalue weighted by atomic mass is 35.5. The van der Waals surface area contributed by atoms with Gasteiger partial charge in [-0.25, -0.2) is 15.0 Å². The lowest BCUT2D eigenvalue weighted by atomic mass is 10.0. The second kappa shape index (κ2) is 12.0. The Morgan fingerprint density at radius 1 is 1.15 bits per heavy atom. The lowest BCUT2D eigenvalue weighted by molar-refractivity contribution is -0.117. The van der Waals surface area contributed by atoms with E-state index < -0.39 is 0 Å². The van der Waals surface area contributed by atoms with Gasteiger partial charge in [0.1, 0.15) is 17.0 Å². The van der Waals surface area contributed by atoms with Crippen molar-refractivity contribution in [2.45, 2.75) is 31.3 Å². The molecule has 0 bridgehead atoms. The molecule has 5 rings (SSSR count). The van der Waals surface area contributed by atoms with Crippen LogP contribution < -0.4 is 25.0 Å². The molecule has 3 heterocycles. The molecule has 1 aliphatic carbocycles. The molecule has 0 unspecified atom stereocenters. The molecule has 12 heteroatoms. The Balaban J connectivity index is 1.57. The average molecular weight is 588 g/mol. The molecule has 1 aliphatic heterocycles. The lowest BCUT2D eigenvalue weighted by Crippen LogP contribution is -2.52. The Labute approximate surface area is 243 Å². The Hall–Kier alpha value is -3.34. The second-order valence-corrected chi connectivity index (χ2v) is 10.8. The van der Waals surface area contributed by atoms with Gasteiger partial charge in [-0.3, -0.25) is 4.79 Å². The van der Waals surface area contributed by atoms with E-state index in [1.807, 2.05) is 13.1 Å². The van der Waals surface area contributed by atoms with Crippen LogP contribution in [-0.4, -0.2) is 74.0 Å². The van der Waals surface area contributed by atoms with E-state index >= 15 is 0 Å². The summed E-state index contributed by atoms with van der Waals surface area (Å²) in [5.74, 6) is 2.33. The van der Waals surface area contributed by atoms with Gasteiger partial charge in [0.25, 0.3) is 0 Å². The number of rotatable bonds is 10. The number of aromatic nitrogens is 3. The van der Waals surface area contributed by atoms with Crippen molar-refractivity contribution >= 4 is 51.8 Å². The van der Waals surface area contributed by atoms with E-state index in [1.165, 1.54) is 33.1 Å². The van der Waals surface area contributed by atoms with Gasteiger partial charge in [-0.2, -0.15) is 0 Å². The summed E-state index contributed by atoms with van der Waals surface area (Å²) in [5, 5.41) is 7.75. The first-order valence-corrected chi connectivity index (χ1v) is 13.8. The Kier molecular flexibility index (Phi) is 8.48. The van der Waals surface area contributed by atoms with Crippen LogP contribution in [0.2, 0.25) is 10.0 Å². The van der Waals surface area contributed by atoms with E-state index in [0.29, 0.717) is 75.6 Å². The minimum absolute atomic E-state index is 0.150. The third-order valence-electron chi connectivity index (χ3n) is 7.15. The zero-order valence-electron chi connectivity index (χ0n) is 22.7. The first-order valence-electron chi connectivity index (χ1n) is 13.1. The third kappa shape index (κ3) is 5.89. The molecule has 1 amide bonds. The van der Waals surface area contributed by atoms with E-state index in [1.54, 1.807) is 12.3 Å². The van der Waals surface area contributed by atoms with Crippen molar-refractivity contribution < 1.29 is 19.0 Å². The Bertz CT molecular complexity index is 1410. The van der Waals surface area contributed by atoms with E-state index in [4.69, 9.17) is 47.4 Å². The van der Waals surface area contributed by atoms with Crippen molar-refractivity contribution in [3.8, 4) is 22.8 Å². The number of carbonyl (C=O) groups is 1. The van der Waals surface area contributed by atoms with Crippen LogP contribution in [0.4, 0.5) is 11.8 Å². The van der Waals surface area contributed by atoms with Gasteiger partial charge < -0.3 is 29.7 Å². The van der Waals surface area contributed by atoms with Crippen LogP contribution in [0.3, 0.4) is 0 Å². The zero-order valence-corrected chi connectivity index (χ0v) is 24.2. The topological polar surface area (TPSA) is 111 Å². The fourth-order valence-electron chi connectivity index (χ4n) is 4.83. The minimum atomic E-state index is -0.231. The summed E-state index contributed by atoms with van der Waals surface area (Å²) in [5.41, 5.74) is 1.73. The maximum Gasteiger partial charge on any atom is 0.243 e. The standard InChI is InChI=1S/C28H32Cl2N6O4/c1-5-22(37)32-17-8-9-40-14-19(17)34-28-31-12-16-10-18(23-24(29)20(38-3)11-21(39-4)25(23)30)33-27(26(16)35-28)36(2)13-15-6-7-15/h5,10-12,15,17,19H,1,6-9,13-14H2,2-4H3,(H,32,37)(H,31,34,35)/t17-,19+/m0/s1. The van der Waals surface area contributed by atoms with Gasteiger partial charge in [-0.05, 0) is 37.3 Å². The van der Waals surface area contributed by atoms with Crippen LogP contribution in [0.25, 0.3) is 22.2 Å². The van der Waals surface area contributed by atoms with Crippen molar-refractivity contribution in [2.75, 3.05) is 51.2 Å². The number of ether oxygens (including phenoxy) is 3. The molecule has 40 heavy (non-hydrogen) atoms. The Morgan fingerprint density at radius 2 is 1.88 bits per heavy atom. The summed E-state index contributed by atoms with van der Waals surface area (Å²) in [6.45, 7) is 5.35. The summed E-state index contributed by atoms with van der Waals surface area (Å²) in [4.78, 5) is 28.5. The first kappa shape index (κ1) is 28.2. The molecule has 0 spiro atoms. The van der Waals surface area contributed by atoms with Crippen LogP contribution >= 0.6 is 23.2 Å². The summed E-state index contributed by atoms with van der Waals surface area (Å²) in [7, 11) is 5.08. The highest BCUT2D eigenvalue weighted by molar-refractivity contribution is 6.41. The lowest BCUT2D eigenvalue weighted by Gasteiger charge is -2.32. The number of nitrogens with one attached hydrogen (secondary N) is 2. The van der Waals surface area contributed by atoms with E-state index in [9.17, 15) is 4.79 Å². The van der Waals surface area contributed by atoms with Gasteiger partial charge >= 0.3 is 0 Å². The number of fused-ring (bicyclic) bond motifs is 1. The monoisotopic (exact) mass is 586 g/mol. The highest BCUT2D eigenvalue weighted by Crippen LogP contribution is 2.46. The van der Waals surface area contributed by atoms with Gasteiger partial charge in [0, 0.05) is 43.4 Å². The molecule has 2 N–H and O–H groups in total. The average Bonchev–Trinajstić information content (AvgIpc) is 3.78. The van der Waals surface area contributed by atoms with Crippen LogP contribution in [0, 0.1) is 5.92 Å². The maximum atomic E-state index is 12.0. The molecule has 10 nitrogen and oxygen atoms in total. The number of anilines is 2. The summed E-state index contributed by atoms with van der Waals surface area (Å²) >= 11 is 13.5. The van der Waals surface area contributed by atoms with Crippen LogP contribution in [-0.2, 0) is 9.53 Å². The van der Waals surface area contributed by atoms with Crippen molar-refractivity contribution in [2.24, 2.45) is 5.92 Å². The number of nitrogens with zero attached hydrogens (tertiary/aromatic N) is 4. The van der Waals surface area contributed by atoms with Crippen molar-refractivity contribution in [1.29, 1.82) is 0 Å². The molecule has 2 aromatic heterocycles. The molecular formula is C28H32Cl2N6O4. The van der Waals surface area contributed by atoms with E-state index in [-0.39, 0.29) is 18.0 Å². The smallest absolute Gasteiger partial charge is 0.243 e. The predicted octanol–water partition coefficient (Wildman–Crippen LogP) is 4.73. The molecule has 0 radical (unpaired) electrons. The number of methoxy groups -OCH3 is 2. The minimum Gasteiger partial charge on any atom is -0.495 e. The fraction of sp³-hybridized carbons (Fsp3) is 0.429. The van der Waals surface area contributed by atoms with Crippen molar-refractivity contribution in [3.63, 3.8) is 0 Å². The zero-order chi connectivity index (χ0) is 28.4. The summed E-state index contributed by atoms with van der Waals surface area (Å²) in [6, 6.07) is 3.15. The molecule has 2 aliphatic rings. The van der Waals surface area contributed by atoms with E-state index in [2.05, 4.69) is 27.1 Å². The number of hydrogen-bond donors (Lipinski definition) is 2. The van der Waals surface area contributed by atoms with Crippen LogP contribution in [0.15, 0.2) is 31.0 Å². The maximum absolute atomic E-state index is 12.0. The van der Waals surface area contributed by atoms with Crippen LogP contribution in [0.1, 0.15) is 19.3 Å². The quantitative estimate of drug-likeness (QED) is 0.325. The van der Waals surface area contributed by atoms with Gasteiger partial charge in [-0.1, -0.05) is 29.8 Å². The largest absolute Gasteiger partial charge is 0.495 e. The Morgan fingerprint density at radius 3 is 2.52 bits per heavy atom. The third-order valence-corrected chi connectivity index (χ3v) is 7.90. The van der Waals surface area contributed by atoms with E-state index in [0.717, 1.165) is 11.9 Å². The molecule has 2 fully saturated rings. The number of benzene rings is 1. The van der Waals surface area contributed by atoms with Crippen LogP contribution in [0.5, 0.6) is 11.5 Å². The van der Waals surface area contributed by atoms with Gasteiger partial charge in [0.15, 0.2) is 5.82 Å². The fourth-order valence-corrected chi connectivity index (χ4v) is 5.53. The van der Waals surface area contributed by atoms with Gasteiger partial charge in [0.05, 0.1) is 48.6 Å². The summed E-state index contributed by atoms with van der Waals surface area (Å²) < 4.78 is 16.6. The molecule has 1 saturated carbocycles. The second-order valence-electron chi connectivity index (χ2n) is 10.0. The number of halogens is 2. The normalized spacial score (nSPS) is 18.7. The molecule has 212 valence electrons. The van der Waals surface area contributed by atoms with Crippen molar-refractivity contribution in [1.82, 2.24) is 20.3 Å². The molecule has 3 aromatic rings. The predicted molar refractivity (Wildman–Crippen MR) is 157 cm³/mol. The highest BCUT2D eigenvalue weighted by Gasteiger charge is 2.29. The van der Waals surface area contributed by atoms with Gasteiger partial charge in [0.2, 0.25) is 11.9 Å². The molecular weight excluding hydrogens is 555 g/mol. The molecule has 2 atom stereocenters. The SMILES string of the molecule is C=CC(=O)N[C@H]1CCOC[C@H]1Nc1ncc2cc(-c3c(Cl)c(OC)cc(OC)c3Cl)nc(N(C)CC3CC3)c2n1. The molecule has 1 aromatic carbocycles. The number of hydrogen-bond acceptors (Lipinski definition) is 9. The number of amides is 1. The molecule has 1 saturated heterocycles.